The smallest absolute Gasteiger partial charge is 0.261 e. The fraction of sp³-hybridized carbons (Fsp3) is 0.0588. The fourth-order valence-electron chi connectivity index (χ4n) is 1.79. The molecule has 0 heterocycles. The maximum atomic E-state index is 12.0. The molecule has 4 heteroatoms. The summed E-state index contributed by atoms with van der Waals surface area (Å²) in [6, 6.07) is 16.1. The summed E-state index contributed by atoms with van der Waals surface area (Å²) in [5.74, 6) is -0.542. The maximum absolute atomic E-state index is 12.0. The Bertz CT molecular complexity index is 663. The largest absolute Gasteiger partial charge is 0.496 e. The van der Waals surface area contributed by atoms with Gasteiger partial charge in [0.1, 0.15) is 5.75 Å². The molecular weight excluding hydrogens is 266 g/mol. The van der Waals surface area contributed by atoms with Crippen LogP contribution in [0.2, 0.25) is 0 Å². The number of methoxy groups -OCH3 is 1. The van der Waals surface area contributed by atoms with Crippen LogP contribution in [0.25, 0.3) is 6.08 Å². The molecule has 0 atom stereocenters. The van der Waals surface area contributed by atoms with Crippen molar-refractivity contribution < 1.29 is 14.3 Å². The van der Waals surface area contributed by atoms with E-state index in [4.69, 9.17) is 4.74 Å². The van der Waals surface area contributed by atoms with Crippen molar-refractivity contribution in [3.63, 3.8) is 0 Å². The molecule has 21 heavy (non-hydrogen) atoms. The van der Waals surface area contributed by atoms with E-state index in [0.717, 1.165) is 5.56 Å². The van der Waals surface area contributed by atoms with Crippen LogP contribution >= 0.6 is 0 Å². The van der Waals surface area contributed by atoms with Crippen molar-refractivity contribution in [1.29, 1.82) is 0 Å². The molecule has 0 bridgehead atoms. The number of amides is 2. The second-order valence-corrected chi connectivity index (χ2v) is 4.26. The molecule has 0 aliphatic rings. The first-order valence-corrected chi connectivity index (χ1v) is 6.42. The van der Waals surface area contributed by atoms with E-state index in [2.05, 4.69) is 5.32 Å². The Hall–Kier alpha value is -2.88. The molecule has 0 aliphatic heterocycles. The van der Waals surface area contributed by atoms with E-state index in [-0.39, 0.29) is 0 Å². The van der Waals surface area contributed by atoms with Gasteiger partial charge in [0.2, 0.25) is 0 Å². The quantitative estimate of drug-likeness (QED) is 0.877. The number of hydrogen-bond donors (Lipinski definition) is 1. The molecule has 0 unspecified atom stereocenters. The van der Waals surface area contributed by atoms with Crippen LogP contribution in [-0.4, -0.2) is 18.9 Å². The Morgan fingerprint density at radius 1 is 1.00 bits per heavy atom. The molecule has 0 radical (unpaired) electrons. The predicted molar refractivity (Wildman–Crippen MR) is 80.9 cm³/mol. The van der Waals surface area contributed by atoms with Gasteiger partial charge < -0.3 is 4.74 Å². The van der Waals surface area contributed by atoms with Crippen LogP contribution in [0, 0.1) is 0 Å². The van der Waals surface area contributed by atoms with Gasteiger partial charge in [-0.15, -0.1) is 0 Å². The number of benzene rings is 2. The van der Waals surface area contributed by atoms with Gasteiger partial charge >= 0.3 is 0 Å². The van der Waals surface area contributed by atoms with Crippen molar-refractivity contribution in [2.24, 2.45) is 0 Å². The summed E-state index contributed by atoms with van der Waals surface area (Å²) in [6.07, 6.45) is 2.97. The van der Waals surface area contributed by atoms with Gasteiger partial charge in [-0.3, -0.25) is 14.9 Å². The number of ether oxygens (including phenoxy) is 1. The lowest BCUT2D eigenvalue weighted by Gasteiger charge is -2.06. The van der Waals surface area contributed by atoms with Crippen molar-refractivity contribution in [1.82, 2.24) is 5.32 Å². The Morgan fingerprint density at radius 3 is 2.38 bits per heavy atom. The first kappa shape index (κ1) is 14.5. The fourth-order valence-corrected chi connectivity index (χ4v) is 1.79. The van der Waals surface area contributed by atoms with Gasteiger partial charge in [-0.05, 0) is 23.8 Å². The Kier molecular flexibility index (Phi) is 4.88. The Balaban J connectivity index is 2.03. The summed E-state index contributed by atoms with van der Waals surface area (Å²) in [7, 11) is 1.48. The van der Waals surface area contributed by atoms with Gasteiger partial charge in [-0.2, -0.15) is 0 Å². The molecule has 2 rings (SSSR count). The van der Waals surface area contributed by atoms with Gasteiger partial charge in [0.05, 0.1) is 12.7 Å². The molecule has 0 fully saturated rings. The lowest BCUT2D eigenvalue weighted by molar-refractivity contribution is -0.115. The third-order valence-corrected chi connectivity index (χ3v) is 2.82. The molecule has 2 amide bonds. The zero-order chi connectivity index (χ0) is 15.1. The first-order chi connectivity index (χ1) is 10.2. The number of nitrogens with one attached hydrogen (secondary N) is 1. The van der Waals surface area contributed by atoms with Crippen molar-refractivity contribution in [3.8, 4) is 5.75 Å². The third-order valence-electron chi connectivity index (χ3n) is 2.82. The predicted octanol–water partition coefficient (Wildman–Crippen LogP) is 2.67. The van der Waals surface area contributed by atoms with Crippen molar-refractivity contribution >= 4 is 17.9 Å². The summed E-state index contributed by atoms with van der Waals surface area (Å²) in [6.45, 7) is 0. The van der Waals surface area contributed by atoms with E-state index < -0.39 is 11.8 Å². The van der Waals surface area contributed by atoms with E-state index >= 15 is 0 Å². The molecular formula is C17H15NO3. The van der Waals surface area contributed by atoms with E-state index in [9.17, 15) is 9.59 Å². The van der Waals surface area contributed by atoms with Gasteiger partial charge in [-0.25, -0.2) is 0 Å². The molecule has 2 aromatic rings. The van der Waals surface area contributed by atoms with E-state index in [1.54, 1.807) is 30.3 Å². The van der Waals surface area contributed by atoms with Crippen molar-refractivity contribution in [2.45, 2.75) is 0 Å². The summed E-state index contributed by atoms with van der Waals surface area (Å²) in [5, 5.41) is 2.30. The highest BCUT2D eigenvalue weighted by Crippen LogP contribution is 2.16. The standard InChI is InChI=1S/C17H15NO3/c1-21-15-10-6-5-9-14(15)17(20)18-16(19)12-11-13-7-3-2-4-8-13/h2-12H,1H3,(H,18,19,20)/b12-11+. The average Bonchev–Trinajstić information content (AvgIpc) is 2.53. The highest BCUT2D eigenvalue weighted by molar-refractivity contribution is 6.10. The molecule has 0 aromatic heterocycles. The van der Waals surface area contributed by atoms with Crippen molar-refractivity contribution in [3.05, 3.63) is 71.8 Å². The monoisotopic (exact) mass is 281 g/mol. The molecule has 0 spiro atoms. The molecule has 0 aliphatic carbocycles. The Morgan fingerprint density at radius 2 is 1.67 bits per heavy atom. The van der Waals surface area contributed by atoms with Crippen LogP contribution in [0.4, 0.5) is 0 Å². The highest BCUT2D eigenvalue weighted by atomic mass is 16.5. The van der Waals surface area contributed by atoms with Gasteiger partial charge in [-0.1, -0.05) is 42.5 Å². The maximum Gasteiger partial charge on any atom is 0.261 e. The lowest BCUT2D eigenvalue weighted by atomic mass is 10.2. The SMILES string of the molecule is COc1ccccc1C(=O)NC(=O)/C=C/c1ccccc1. The molecule has 106 valence electrons. The van der Waals surface area contributed by atoms with Gasteiger partial charge in [0, 0.05) is 6.08 Å². The minimum atomic E-state index is -0.491. The van der Waals surface area contributed by atoms with E-state index in [1.807, 2.05) is 30.3 Å². The van der Waals surface area contributed by atoms with Crippen LogP contribution in [0.15, 0.2) is 60.7 Å². The van der Waals surface area contributed by atoms with Gasteiger partial charge in [0.15, 0.2) is 0 Å². The molecule has 0 saturated heterocycles. The average molecular weight is 281 g/mol. The van der Waals surface area contributed by atoms with Crippen LogP contribution in [-0.2, 0) is 4.79 Å². The highest BCUT2D eigenvalue weighted by Gasteiger charge is 2.12. The van der Waals surface area contributed by atoms with Crippen LogP contribution in [0.3, 0.4) is 0 Å². The van der Waals surface area contributed by atoms with Crippen molar-refractivity contribution in [2.75, 3.05) is 7.11 Å². The zero-order valence-corrected chi connectivity index (χ0v) is 11.6. The second kappa shape index (κ2) is 7.05. The summed E-state index contributed by atoms with van der Waals surface area (Å²) < 4.78 is 5.09. The Labute approximate surface area is 123 Å². The number of carbonyl (C=O) groups is 2. The third kappa shape index (κ3) is 4.04. The number of imide groups is 1. The number of para-hydroxylation sites is 1. The summed E-state index contributed by atoms with van der Waals surface area (Å²) in [5.41, 5.74) is 1.21. The second-order valence-electron chi connectivity index (χ2n) is 4.26. The van der Waals surface area contributed by atoms with Crippen LogP contribution in [0.5, 0.6) is 5.75 Å². The van der Waals surface area contributed by atoms with Crippen LogP contribution < -0.4 is 10.1 Å². The minimum Gasteiger partial charge on any atom is -0.496 e. The first-order valence-electron chi connectivity index (χ1n) is 6.42. The molecule has 4 nitrogen and oxygen atoms in total. The molecule has 2 aromatic carbocycles. The number of rotatable bonds is 4. The van der Waals surface area contributed by atoms with E-state index in [0.29, 0.717) is 11.3 Å². The summed E-state index contributed by atoms with van der Waals surface area (Å²) >= 11 is 0. The number of hydrogen-bond acceptors (Lipinski definition) is 3. The summed E-state index contributed by atoms with van der Waals surface area (Å²) in [4.78, 5) is 23.7. The van der Waals surface area contributed by atoms with Gasteiger partial charge in [0.25, 0.3) is 11.8 Å². The van der Waals surface area contributed by atoms with Crippen LogP contribution in [0.1, 0.15) is 15.9 Å². The minimum absolute atomic E-state index is 0.321. The molecule has 0 saturated carbocycles. The lowest BCUT2D eigenvalue weighted by Crippen LogP contribution is -2.29. The topological polar surface area (TPSA) is 55.4 Å². The normalized spacial score (nSPS) is 10.3. The number of carbonyl (C=O) groups excluding carboxylic acids is 2. The van der Waals surface area contributed by atoms with E-state index in [1.165, 1.54) is 13.2 Å². The zero-order valence-electron chi connectivity index (χ0n) is 11.6. The molecule has 1 N–H and O–H groups in total.